The van der Waals surface area contributed by atoms with Gasteiger partial charge in [-0.1, -0.05) is 26.7 Å². The first-order valence-corrected chi connectivity index (χ1v) is 6.86. The fourth-order valence-electron chi connectivity index (χ4n) is 2.93. The lowest BCUT2D eigenvalue weighted by molar-refractivity contribution is 0.0533. The van der Waals surface area contributed by atoms with E-state index >= 15 is 0 Å². The van der Waals surface area contributed by atoms with Gasteiger partial charge >= 0.3 is 0 Å². The number of nitrogens with one attached hydrogen (secondary N) is 1. The molecule has 0 radical (unpaired) electrons. The average molecular weight is 225 g/mol. The van der Waals surface area contributed by atoms with Gasteiger partial charge in [0, 0.05) is 32.2 Å². The van der Waals surface area contributed by atoms with Gasteiger partial charge in [0.25, 0.3) is 0 Å². The summed E-state index contributed by atoms with van der Waals surface area (Å²) < 4.78 is 0. The zero-order valence-corrected chi connectivity index (χ0v) is 11.1. The van der Waals surface area contributed by atoms with E-state index in [-0.39, 0.29) is 0 Å². The smallest absolute Gasteiger partial charge is 0.0259 e. The number of piperazine rings is 1. The summed E-state index contributed by atoms with van der Waals surface area (Å²) >= 11 is 0. The van der Waals surface area contributed by atoms with Crippen molar-refractivity contribution in [2.75, 3.05) is 33.2 Å². The van der Waals surface area contributed by atoms with E-state index in [1.54, 1.807) is 0 Å². The van der Waals surface area contributed by atoms with Crippen LogP contribution in [0.1, 0.15) is 33.1 Å². The second kappa shape index (κ2) is 5.48. The van der Waals surface area contributed by atoms with E-state index in [9.17, 15) is 0 Å². The molecule has 0 aromatic carbocycles. The molecular weight excluding hydrogens is 198 g/mol. The molecule has 0 aromatic heterocycles. The predicted octanol–water partition coefficient (Wildman–Crippen LogP) is 1.56. The SMILES string of the molecule is CC1CCCC(NN2CCN(C)CC2)C1C. The minimum absolute atomic E-state index is 0.715. The standard InChI is InChI=1S/C13H27N3/c1-11-5-4-6-13(12(11)2)14-16-9-7-15(3)8-10-16/h11-14H,4-10H2,1-3H3. The molecule has 0 aromatic rings. The largest absolute Gasteiger partial charge is 0.304 e. The molecule has 1 saturated heterocycles. The lowest BCUT2D eigenvalue weighted by Crippen LogP contribution is -2.56. The van der Waals surface area contributed by atoms with Gasteiger partial charge in [-0.05, 0) is 25.3 Å². The van der Waals surface area contributed by atoms with Crippen LogP contribution in [0.3, 0.4) is 0 Å². The van der Waals surface area contributed by atoms with Gasteiger partial charge in [-0.2, -0.15) is 0 Å². The molecule has 3 atom stereocenters. The van der Waals surface area contributed by atoms with Crippen molar-refractivity contribution >= 4 is 0 Å². The minimum atomic E-state index is 0.715. The number of hydrazine groups is 1. The number of nitrogens with zero attached hydrogens (tertiary/aromatic N) is 2. The number of hydrogen-bond acceptors (Lipinski definition) is 3. The Morgan fingerprint density at radius 2 is 1.69 bits per heavy atom. The Morgan fingerprint density at radius 3 is 2.38 bits per heavy atom. The molecular formula is C13H27N3. The second-order valence-electron chi connectivity index (χ2n) is 5.79. The van der Waals surface area contributed by atoms with Crippen molar-refractivity contribution < 1.29 is 0 Å². The van der Waals surface area contributed by atoms with Crippen LogP contribution in [0.15, 0.2) is 0 Å². The zero-order chi connectivity index (χ0) is 11.5. The highest BCUT2D eigenvalue weighted by atomic mass is 15.5. The summed E-state index contributed by atoms with van der Waals surface area (Å²) in [7, 11) is 2.21. The molecule has 1 aliphatic heterocycles. The third kappa shape index (κ3) is 2.96. The molecule has 1 saturated carbocycles. The van der Waals surface area contributed by atoms with Crippen LogP contribution in [0.2, 0.25) is 0 Å². The van der Waals surface area contributed by atoms with Gasteiger partial charge in [-0.15, -0.1) is 0 Å². The number of rotatable bonds is 2. The van der Waals surface area contributed by atoms with E-state index in [4.69, 9.17) is 0 Å². The first kappa shape index (κ1) is 12.3. The molecule has 1 N–H and O–H groups in total. The monoisotopic (exact) mass is 225 g/mol. The summed E-state index contributed by atoms with van der Waals surface area (Å²) in [6.07, 6.45) is 4.18. The maximum Gasteiger partial charge on any atom is 0.0259 e. The summed E-state index contributed by atoms with van der Waals surface area (Å²) in [6, 6.07) is 0.715. The summed E-state index contributed by atoms with van der Waals surface area (Å²) in [5.41, 5.74) is 3.77. The quantitative estimate of drug-likeness (QED) is 0.769. The van der Waals surface area contributed by atoms with E-state index in [1.165, 1.54) is 45.4 Å². The third-order valence-electron chi connectivity index (χ3n) is 4.56. The first-order chi connectivity index (χ1) is 7.66. The molecule has 2 rings (SSSR count). The minimum Gasteiger partial charge on any atom is -0.304 e. The van der Waals surface area contributed by atoms with Crippen molar-refractivity contribution in [1.82, 2.24) is 15.3 Å². The van der Waals surface area contributed by atoms with Crippen molar-refractivity contribution in [1.29, 1.82) is 0 Å². The van der Waals surface area contributed by atoms with E-state index in [1.807, 2.05) is 0 Å². The van der Waals surface area contributed by atoms with Gasteiger partial charge in [-0.3, -0.25) is 5.43 Å². The van der Waals surface area contributed by atoms with Gasteiger partial charge in [-0.25, -0.2) is 5.01 Å². The molecule has 1 heterocycles. The van der Waals surface area contributed by atoms with Gasteiger partial charge < -0.3 is 4.90 Å². The summed E-state index contributed by atoms with van der Waals surface area (Å²) in [5, 5.41) is 2.44. The summed E-state index contributed by atoms with van der Waals surface area (Å²) in [4.78, 5) is 2.41. The fourth-order valence-corrected chi connectivity index (χ4v) is 2.93. The maximum absolute atomic E-state index is 3.77. The van der Waals surface area contributed by atoms with Crippen molar-refractivity contribution in [2.45, 2.75) is 39.2 Å². The van der Waals surface area contributed by atoms with E-state index in [0.717, 1.165) is 11.8 Å². The Balaban J connectivity index is 1.80. The highest BCUT2D eigenvalue weighted by Crippen LogP contribution is 2.29. The molecule has 16 heavy (non-hydrogen) atoms. The van der Waals surface area contributed by atoms with Crippen LogP contribution in [-0.4, -0.2) is 49.2 Å². The Hall–Kier alpha value is -0.120. The molecule has 0 amide bonds. The van der Waals surface area contributed by atoms with Crippen LogP contribution < -0.4 is 5.43 Å². The number of hydrogen-bond donors (Lipinski definition) is 1. The first-order valence-electron chi connectivity index (χ1n) is 6.86. The molecule has 0 spiro atoms. The molecule has 2 aliphatic rings. The zero-order valence-electron chi connectivity index (χ0n) is 11.1. The average Bonchev–Trinajstić information content (AvgIpc) is 2.28. The van der Waals surface area contributed by atoms with Crippen LogP contribution in [0, 0.1) is 11.8 Å². The highest BCUT2D eigenvalue weighted by molar-refractivity contribution is 4.82. The van der Waals surface area contributed by atoms with E-state index in [0.29, 0.717) is 6.04 Å². The molecule has 0 bridgehead atoms. The molecule has 3 nitrogen and oxygen atoms in total. The van der Waals surface area contributed by atoms with Gasteiger partial charge in [0.05, 0.1) is 0 Å². The van der Waals surface area contributed by atoms with Crippen LogP contribution in [-0.2, 0) is 0 Å². The Kier molecular flexibility index (Phi) is 4.22. The van der Waals surface area contributed by atoms with Crippen LogP contribution in [0.4, 0.5) is 0 Å². The molecule has 3 unspecified atom stereocenters. The molecule has 94 valence electrons. The normalized spacial score (nSPS) is 38.8. The third-order valence-corrected chi connectivity index (χ3v) is 4.56. The lowest BCUT2D eigenvalue weighted by Gasteiger charge is -2.40. The highest BCUT2D eigenvalue weighted by Gasteiger charge is 2.28. The second-order valence-corrected chi connectivity index (χ2v) is 5.79. The predicted molar refractivity (Wildman–Crippen MR) is 68.2 cm³/mol. The van der Waals surface area contributed by atoms with Crippen molar-refractivity contribution in [3.8, 4) is 0 Å². The van der Waals surface area contributed by atoms with Gasteiger partial charge in [0.15, 0.2) is 0 Å². The summed E-state index contributed by atoms with van der Waals surface area (Å²) in [6.45, 7) is 9.57. The van der Waals surface area contributed by atoms with Crippen LogP contribution in [0.5, 0.6) is 0 Å². The summed E-state index contributed by atoms with van der Waals surface area (Å²) in [5.74, 6) is 1.71. The maximum atomic E-state index is 3.77. The van der Waals surface area contributed by atoms with Gasteiger partial charge in [0.1, 0.15) is 0 Å². The Bertz CT molecular complexity index is 211. The van der Waals surface area contributed by atoms with Crippen LogP contribution in [0.25, 0.3) is 0 Å². The van der Waals surface area contributed by atoms with Crippen molar-refractivity contribution in [2.24, 2.45) is 11.8 Å². The van der Waals surface area contributed by atoms with Crippen molar-refractivity contribution in [3.05, 3.63) is 0 Å². The molecule has 2 fully saturated rings. The lowest BCUT2D eigenvalue weighted by atomic mass is 9.78. The van der Waals surface area contributed by atoms with E-state index < -0.39 is 0 Å². The van der Waals surface area contributed by atoms with E-state index in [2.05, 4.69) is 36.2 Å². The molecule has 3 heteroatoms. The fraction of sp³-hybridized carbons (Fsp3) is 1.00. The Labute approximate surface area is 100 Å². The number of likely N-dealkylation sites (N-methyl/N-ethyl adjacent to an activating group) is 1. The van der Waals surface area contributed by atoms with Crippen LogP contribution >= 0.6 is 0 Å². The van der Waals surface area contributed by atoms with Crippen molar-refractivity contribution in [3.63, 3.8) is 0 Å². The topological polar surface area (TPSA) is 18.5 Å². The molecule has 1 aliphatic carbocycles. The van der Waals surface area contributed by atoms with Gasteiger partial charge in [0.2, 0.25) is 0 Å². The Morgan fingerprint density at radius 1 is 1.00 bits per heavy atom.